The quantitative estimate of drug-likeness (QED) is 0.553. The van der Waals surface area contributed by atoms with E-state index in [9.17, 15) is 9.59 Å². The Kier molecular flexibility index (Phi) is 7.03. The number of carbonyl (C=O) groups is 1. The summed E-state index contributed by atoms with van der Waals surface area (Å²) in [4.78, 5) is 30.6. The van der Waals surface area contributed by atoms with Gasteiger partial charge in [0.25, 0.3) is 5.56 Å². The fraction of sp³-hybridized carbons (Fsp3) is 0.353. The van der Waals surface area contributed by atoms with Crippen molar-refractivity contribution in [2.45, 2.75) is 31.7 Å². The number of carbonyl (C=O) groups excluding carboxylic acids is 1. The lowest BCUT2D eigenvalue weighted by Gasteiger charge is -2.08. The first-order chi connectivity index (χ1) is 12.0. The van der Waals surface area contributed by atoms with Crippen molar-refractivity contribution < 1.29 is 14.3 Å². The van der Waals surface area contributed by atoms with Crippen LogP contribution in [0, 0.1) is 0 Å². The Labute approximate surface area is 150 Å². The lowest BCUT2D eigenvalue weighted by Crippen LogP contribution is -2.16. The van der Waals surface area contributed by atoms with E-state index in [1.807, 2.05) is 13.8 Å². The number of anilines is 1. The van der Waals surface area contributed by atoms with Gasteiger partial charge >= 0.3 is 0 Å². The molecule has 134 valence electrons. The fourth-order valence-corrected chi connectivity index (χ4v) is 2.60. The van der Waals surface area contributed by atoms with E-state index < -0.39 is 0 Å². The van der Waals surface area contributed by atoms with Crippen LogP contribution in [0.1, 0.15) is 19.5 Å². The Morgan fingerprint density at radius 2 is 2.16 bits per heavy atom. The first kappa shape index (κ1) is 19.0. The van der Waals surface area contributed by atoms with Crippen molar-refractivity contribution in [2.75, 3.05) is 18.2 Å². The van der Waals surface area contributed by atoms with Gasteiger partial charge in [-0.25, -0.2) is 4.98 Å². The van der Waals surface area contributed by atoms with Gasteiger partial charge in [-0.3, -0.25) is 9.59 Å². The van der Waals surface area contributed by atoms with Crippen LogP contribution in [0.25, 0.3) is 0 Å². The number of aromatic amines is 1. The molecule has 0 aliphatic carbocycles. The predicted octanol–water partition coefficient (Wildman–Crippen LogP) is 2.43. The number of methoxy groups -OCH3 is 1. The Bertz CT molecular complexity index is 776. The molecule has 0 spiro atoms. The first-order valence-electron chi connectivity index (χ1n) is 7.75. The number of H-pyrrole nitrogens is 1. The van der Waals surface area contributed by atoms with Gasteiger partial charge < -0.3 is 19.8 Å². The highest BCUT2D eigenvalue weighted by Gasteiger charge is 2.08. The van der Waals surface area contributed by atoms with Gasteiger partial charge in [0.1, 0.15) is 5.75 Å². The van der Waals surface area contributed by atoms with E-state index in [2.05, 4.69) is 15.3 Å². The normalized spacial score (nSPS) is 10.7. The number of hydrogen-bond acceptors (Lipinski definition) is 6. The van der Waals surface area contributed by atoms with Crippen molar-refractivity contribution in [1.82, 2.24) is 9.97 Å². The summed E-state index contributed by atoms with van der Waals surface area (Å²) >= 11 is 1.15. The maximum Gasteiger partial charge on any atom is 0.251 e. The van der Waals surface area contributed by atoms with Crippen LogP contribution in [0.2, 0.25) is 0 Å². The second kappa shape index (κ2) is 9.24. The minimum atomic E-state index is -0.270. The van der Waals surface area contributed by atoms with Crippen LogP contribution < -0.4 is 15.6 Å². The van der Waals surface area contributed by atoms with Crippen molar-refractivity contribution in [2.24, 2.45) is 0 Å². The Morgan fingerprint density at radius 3 is 2.88 bits per heavy atom. The average Bonchev–Trinajstić information content (AvgIpc) is 2.58. The number of amides is 1. The van der Waals surface area contributed by atoms with E-state index in [0.29, 0.717) is 22.3 Å². The number of nitrogens with one attached hydrogen (secondary N) is 2. The van der Waals surface area contributed by atoms with Crippen LogP contribution in [0.4, 0.5) is 5.69 Å². The van der Waals surface area contributed by atoms with Gasteiger partial charge in [0, 0.05) is 17.8 Å². The van der Waals surface area contributed by atoms with Crippen molar-refractivity contribution in [3.05, 3.63) is 46.4 Å². The second-order valence-electron chi connectivity index (χ2n) is 5.47. The highest BCUT2D eigenvalue weighted by atomic mass is 32.2. The van der Waals surface area contributed by atoms with Crippen molar-refractivity contribution in [1.29, 1.82) is 0 Å². The molecule has 1 aromatic heterocycles. The summed E-state index contributed by atoms with van der Waals surface area (Å²) in [5.74, 6) is 0.577. The molecule has 0 unspecified atom stereocenters. The van der Waals surface area contributed by atoms with Gasteiger partial charge in [0.15, 0.2) is 5.16 Å². The molecule has 1 aromatic carbocycles. The van der Waals surface area contributed by atoms with Crippen LogP contribution >= 0.6 is 11.8 Å². The van der Waals surface area contributed by atoms with Gasteiger partial charge in [-0.15, -0.1) is 0 Å². The van der Waals surface area contributed by atoms with Crippen LogP contribution in [0.3, 0.4) is 0 Å². The van der Waals surface area contributed by atoms with Crippen LogP contribution in [0.15, 0.2) is 40.3 Å². The molecular formula is C17H21N3O4S. The zero-order chi connectivity index (χ0) is 18.2. The molecule has 0 atom stereocenters. The van der Waals surface area contributed by atoms with Gasteiger partial charge in [0.05, 0.1) is 31.3 Å². The third-order valence-electron chi connectivity index (χ3n) is 3.03. The maximum absolute atomic E-state index is 12.1. The number of rotatable bonds is 8. The third-order valence-corrected chi connectivity index (χ3v) is 3.90. The Hall–Kier alpha value is -2.32. The van der Waals surface area contributed by atoms with E-state index >= 15 is 0 Å². The Morgan fingerprint density at radius 1 is 1.36 bits per heavy atom. The van der Waals surface area contributed by atoms with Crippen LogP contribution in [-0.4, -0.2) is 34.8 Å². The number of benzene rings is 1. The molecule has 8 heteroatoms. The fourth-order valence-electron chi connectivity index (χ4n) is 1.91. The van der Waals surface area contributed by atoms with Gasteiger partial charge in [-0.05, 0) is 26.0 Å². The summed E-state index contributed by atoms with van der Waals surface area (Å²) in [5.41, 5.74) is 0.909. The number of ether oxygens (including phenoxy) is 2. The van der Waals surface area contributed by atoms with Gasteiger partial charge in [0.2, 0.25) is 5.91 Å². The lowest BCUT2D eigenvalue weighted by atomic mass is 10.3. The molecular weight excluding hydrogens is 342 g/mol. The minimum Gasteiger partial charge on any atom is -0.497 e. The molecule has 25 heavy (non-hydrogen) atoms. The zero-order valence-electron chi connectivity index (χ0n) is 14.4. The van der Waals surface area contributed by atoms with E-state index in [1.54, 1.807) is 31.4 Å². The van der Waals surface area contributed by atoms with E-state index in [-0.39, 0.29) is 29.9 Å². The second-order valence-corrected chi connectivity index (χ2v) is 6.43. The SMILES string of the molecule is COc1cccc(NC(=O)CSc2nc(COC(C)C)cc(=O)[nH]2)c1. The molecule has 0 aliphatic heterocycles. The molecule has 2 N–H and O–H groups in total. The monoisotopic (exact) mass is 363 g/mol. The molecule has 0 aliphatic rings. The smallest absolute Gasteiger partial charge is 0.251 e. The summed E-state index contributed by atoms with van der Waals surface area (Å²) in [6.07, 6.45) is 0.0471. The lowest BCUT2D eigenvalue weighted by molar-refractivity contribution is -0.113. The molecule has 0 bridgehead atoms. The minimum absolute atomic E-state index is 0.0471. The largest absolute Gasteiger partial charge is 0.497 e. The van der Waals surface area contributed by atoms with Crippen molar-refractivity contribution in [3.63, 3.8) is 0 Å². The van der Waals surface area contributed by atoms with Gasteiger partial charge in [-0.2, -0.15) is 0 Å². The molecule has 1 heterocycles. The topological polar surface area (TPSA) is 93.3 Å². The first-order valence-corrected chi connectivity index (χ1v) is 8.73. The molecule has 1 amide bonds. The summed E-state index contributed by atoms with van der Waals surface area (Å²) in [5, 5.41) is 3.16. The number of aromatic nitrogens is 2. The van der Waals surface area contributed by atoms with E-state index in [0.717, 1.165) is 11.8 Å². The predicted molar refractivity (Wildman–Crippen MR) is 97.1 cm³/mol. The van der Waals surface area contributed by atoms with Crippen molar-refractivity contribution >= 4 is 23.4 Å². The number of thioether (sulfide) groups is 1. The van der Waals surface area contributed by atoms with E-state index in [4.69, 9.17) is 9.47 Å². The third kappa shape index (κ3) is 6.60. The highest BCUT2D eigenvalue weighted by molar-refractivity contribution is 7.99. The molecule has 7 nitrogen and oxygen atoms in total. The number of nitrogens with zero attached hydrogens (tertiary/aromatic N) is 1. The van der Waals surface area contributed by atoms with Gasteiger partial charge in [-0.1, -0.05) is 17.8 Å². The summed E-state index contributed by atoms with van der Waals surface area (Å²) in [6.45, 7) is 4.07. The standard InChI is InChI=1S/C17H21N3O4S/c1-11(2)24-9-13-8-15(21)20-17(19-13)25-10-16(22)18-12-5-4-6-14(7-12)23-3/h4-8,11H,9-10H2,1-3H3,(H,18,22)(H,19,20,21). The van der Waals surface area contributed by atoms with E-state index in [1.165, 1.54) is 6.07 Å². The molecule has 0 saturated carbocycles. The zero-order valence-corrected chi connectivity index (χ0v) is 15.2. The summed E-state index contributed by atoms with van der Waals surface area (Å²) < 4.78 is 10.6. The van der Waals surface area contributed by atoms with Crippen LogP contribution in [0.5, 0.6) is 5.75 Å². The molecule has 2 aromatic rings. The number of hydrogen-bond donors (Lipinski definition) is 2. The molecule has 2 rings (SSSR count). The van der Waals surface area contributed by atoms with Crippen molar-refractivity contribution in [3.8, 4) is 5.75 Å². The molecule has 0 saturated heterocycles. The Balaban J connectivity index is 1.93. The molecule has 0 fully saturated rings. The summed E-state index contributed by atoms with van der Waals surface area (Å²) in [7, 11) is 1.56. The van der Waals surface area contributed by atoms with Crippen LogP contribution in [-0.2, 0) is 16.1 Å². The highest BCUT2D eigenvalue weighted by Crippen LogP contribution is 2.18. The summed E-state index contributed by atoms with van der Waals surface area (Å²) in [6, 6.07) is 8.48. The maximum atomic E-state index is 12.1. The average molecular weight is 363 g/mol. The molecule has 0 radical (unpaired) electrons.